The van der Waals surface area contributed by atoms with Crippen LogP contribution in [0, 0.1) is 0 Å². The van der Waals surface area contributed by atoms with Crippen molar-refractivity contribution in [1.29, 1.82) is 0 Å². The zero-order valence-electron chi connectivity index (χ0n) is 15.7. The minimum absolute atomic E-state index is 0.177. The highest BCUT2D eigenvalue weighted by Crippen LogP contribution is 2.30. The first kappa shape index (κ1) is 18.8. The standard InChI is InChI=1S/C23H18N2O3S/c1-28-22(27)18-13-11-17(12-14-18)21(26)25(15-16-7-3-2-4-8-16)23-24-19-9-5-6-10-20(19)29-23/h2-14H,15H2,1H3. The third-order valence-electron chi connectivity index (χ3n) is 4.50. The molecule has 0 unspecified atom stereocenters. The number of benzene rings is 3. The van der Waals surface area contributed by atoms with Crippen molar-refractivity contribution in [3.63, 3.8) is 0 Å². The zero-order valence-corrected chi connectivity index (χ0v) is 16.6. The Morgan fingerprint density at radius 2 is 1.55 bits per heavy atom. The Labute approximate surface area is 172 Å². The number of rotatable bonds is 5. The van der Waals surface area contributed by atoms with E-state index in [4.69, 9.17) is 4.74 Å². The average molecular weight is 402 g/mol. The summed E-state index contributed by atoms with van der Waals surface area (Å²) in [6.45, 7) is 0.401. The van der Waals surface area contributed by atoms with Crippen LogP contribution in [0.1, 0.15) is 26.3 Å². The van der Waals surface area contributed by atoms with Crippen LogP contribution in [-0.4, -0.2) is 24.0 Å². The zero-order chi connectivity index (χ0) is 20.2. The van der Waals surface area contributed by atoms with Crippen molar-refractivity contribution < 1.29 is 14.3 Å². The summed E-state index contributed by atoms with van der Waals surface area (Å²) < 4.78 is 5.75. The molecule has 0 saturated heterocycles. The third kappa shape index (κ3) is 4.02. The van der Waals surface area contributed by atoms with Gasteiger partial charge in [-0.05, 0) is 42.0 Å². The van der Waals surface area contributed by atoms with Gasteiger partial charge < -0.3 is 4.74 Å². The third-order valence-corrected chi connectivity index (χ3v) is 5.55. The highest BCUT2D eigenvalue weighted by Gasteiger charge is 2.22. The monoisotopic (exact) mass is 402 g/mol. The number of carbonyl (C=O) groups excluding carboxylic acids is 2. The molecule has 0 N–H and O–H groups in total. The van der Waals surface area contributed by atoms with Crippen LogP contribution in [0.25, 0.3) is 10.2 Å². The fraction of sp³-hybridized carbons (Fsp3) is 0.0870. The van der Waals surface area contributed by atoms with Crippen LogP contribution in [0.2, 0.25) is 0 Å². The Hall–Kier alpha value is -3.51. The number of amides is 1. The van der Waals surface area contributed by atoms with Gasteiger partial charge in [0.1, 0.15) is 0 Å². The summed E-state index contributed by atoms with van der Waals surface area (Å²) in [4.78, 5) is 31.4. The van der Waals surface area contributed by atoms with Gasteiger partial charge in [0.2, 0.25) is 0 Å². The SMILES string of the molecule is COC(=O)c1ccc(C(=O)N(Cc2ccccc2)c2nc3ccccc3s2)cc1. The van der Waals surface area contributed by atoms with Gasteiger partial charge in [-0.2, -0.15) is 0 Å². The largest absolute Gasteiger partial charge is 0.465 e. The molecule has 0 aliphatic rings. The summed E-state index contributed by atoms with van der Waals surface area (Å²) in [5, 5.41) is 0.636. The van der Waals surface area contributed by atoms with Crippen LogP contribution in [0.15, 0.2) is 78.9 Å². The number of hydrogen-bond donors (Lipinski definition) is 0. The van der Waals surface area contributed by atoms with E-state index in [0.717, 1.165) is 15.8 Å². The van der Waals surface area contributed by atoms with E-state index in [1.807, 2.05) is 54.6 Å². The molecule has 0 atom stereocenters. The smallest absolute Gasteiger partial charge is 0.337 e. The number of aromatic nitrogens is 1. The molecule has 0 fully saturated rings. The molecule has 3 aromatic carbocycles. The van der Waals surface area contributed by atoms with Crippen molar-refractivity contribution in [2.45, 2.75) is 6.54 Å². The minimum Gasteiger partial charge on any atom is -0.465 e. The molecule has 4 aromatic rings. The molecular formula is C23H18N2O3S. The van der Waals surface area contributed by atoms with Crippen molar-refractivity contribution in [1.82, 2.24) is 4.98 Å². The molecule has 144 valence electrons. The predicted molar refractivity (Wildman–Crippen MR) is 114 cm³/mol. The number of methoxy groups -OCH3 is 1. The number of para-hydroxylation sites is 1. The van der Waals surface area contributed by atoms with Crippen LogP contribution < -0.4 is 4.90 Å². The lowest BCUT2D eigenvalue weighted by Gasteiger charge is -2.20. The maximum Gasteiger partial charge on any atom is 0.337 e. The molecule has 4 rings (SSSR count). The summed E-state index contributed by atoms with van der Waals surface area (Å²) in [5.41, 5.74) is 2.75. The maximum atomic E-state index is 13.4. The lowest BCUT2D eigenvalue weighted by Crippen LogP contribution is -2.30. The van der Waals surface area contributed by atoms with Crippen LogP contribution in [-0.2, 0) is 11.3 Å². The summed E-state index contributed by atoms with van der Waals surface area (Å²) in [6.07, 6.45) is 0. The summed E-state index contributed by atoms with van der Waals surface area (Å²) in [7, 11) is 1.33. The number of carbonyl (C=O) groups is 2. The van der Waals surface area contributed by atoms with Gasteiger partial charge in [0, 0.05) is 5.56 Å². The van der Waals surface area contributed by atoms with Crippen molar-refractivity contribution >= 4 is 38.6 Å². The fourth-order valence-corrected chi connectivity index (χ4v) is 3.95. The topological polar surface area (TPSA) is 59.5 Å². The van der Waals surface area contributed by atoms with E-state index in [0.29, 0.717) is 22.8 Å². The molecule has 1 amide bonds. The van der Waals surface area contributed by atoms with E-state index in [-0.39, 0.29) is 5.91 Å². The van der Waals surface area contributed by atoms with Crippen molar-refractivity contribution in [3.8, 4) is 0 Å². The predicted octanol–water partition coefficient (Wildman–Crippen LogP) is 4.93. The summed E-state index contributed by atoms with van der Waals surface area (Å²) in [5.74, 6) is -0.611. The molecule has 0 spiro atoms. The number of esters is 1. The average Bonchev–Trinajstić information content (AvgIpc) is 3.21. The Morgan fingerprint density at radius 1 is 0.897 bits per heavy atom. The molecule has 0 radical (unpaired) electrons. The summed E-state index contributed by atoms with van der Waals surface area (Å²) >= 11 is 1.48. The Bertz CT molecular complexity index is 1120. The van der Waals surface area contributed by atoms with Crippen molar-refractivity contribution in [2.75, 3.05) is 12.0 Å². The molecule has 1 aromatic heterocycles. The number of anilines is 1. The second-order valence-corrected chi connectivity index (χ2v) is 7.42. The van der Waals surface area contributed by atoms with E-state index in [2.05, 4.69) is 4.98 Å². The van der Waals surface area contributed by atoms with E-state index < -0.39 is 5.97 Å². The van der Waals surface area contributed by atoms with Gasteiger partial charge in [-0.25, -0.2) is 9.78 Å². The number of fused-ring (bicyclic) bond motifs is 1. The minimum atomic E-state index is -0.434. The number of ether oxygens (including phenoxy) is 1. The van der Waals surface area contributed by atoms with Crippen LogP contribution in [0.3, 0.4) is 0 Å². The van der Waals surface area contributed by atoms with E-state index >= 15 is 0 Å². The fourth-order valence-electron chi connectivity index (χ4n) is 2.99. The molecule has 0 bridgehead atoms. The highest BCUT2D eigenvalue weighted by atomic mass is 32.1. The molecule has 0 saturated carbocycles. The van der Waals surface area contributed by atoms with Crippen LogP contribution in [0.4, 0.5) is 5.13 Å². The first-order chi connectivity index (χ1) is 14.2. The summed E-state index contributed by atoms with van der Waals surface area (Å²) in [6, 6.07) is 24.1. The second kappa shape index (κ2) is 8.24. The number of nitrogens with zero attached hydrogens (tertiary/aromatic N) is 2. The highest BCUT2D eigenvalue weighted by molar-refractivity contribution is 7.22. The van der Waals surface area contributed by atoms with Gasteiger partial charge in [0.05, 0.1) is 29.4 Å². The Kier molecular flexibility index (Phi) is 5.35. The first-order valence-electron chi connectivity index (χ1n) is 9.05. The van der Waals surface area contributed by atoms with Gasteiger partial charge in [-0.1, -0.05) is 53.8 Å². The molecule has 6 heteroatoms. The van der Waals surface area contributed by atoms with E-state index in [1.54, 1.807) is 29.2 Å². The lowest BCUT2D eigenvalue weighted by molar-refractivity contribution is 0.0600. The number of hydrogen-bond acceptors (Lipinski definition) is 5. The lowest BCUT2D eigenvalue weighted by atomic mass is 10.1. The number of thiazole rings is 1. The second-order valence-electron chi connectivity index (χ2n) is 6.41. The molecule has 0 aliphatic heterocycles. The quantitative estimate of drug-likeness (QED) is 0.444. The molecule has 29 heavy (non-hydrogen) atoms. The van der Waals surface area contributed by atoms with E-state index in [1.165, 1.54) is 18.4 Å². The van der Waals surface area contributed by atoms with Crippen LogP contribution in [0.5, 0.6) is 0 Å². The van der Waals surface area contributed by atoms with E-state index in [9.17, 15) is 9.59 Å². The van der Waals surface area contributed by atoms with Crippen molar-refractivity contribution in [3.05, 3.63) is 95.6 Å². The van der Waals surface area contributed by atoms with Gasteiger partial charge in [-0.3, -0.25) is 9.69 Å². The van der Waals surface area contributed by atoms with Gasteiger partial charge in [0.15, 0.2) is 5.13 Å². The molecular weight excluding hydrogens is 384 g/mol. The van der Waals surface area contributed by atoms with Gasteiger partial charge in [-0.15, -0.1) is 0 Å². The molecule has 0 aliphatic carbocycles. The first-order valence-corrected chi connectivity index (χ1v) is 9.87. The Balaban J connectivity index is 1.71. The van der Waals surface area contributed by atoms with Gasteiger partial charge in [0.25, 0.3) is 5.91 Å². The van der Waals surface area contributed by atoms with Gasteiger partial charge >= 0.3 is 5.97 Å². The normalized spacial score (nSPS) is 10.7. The maximum absolute atomic E-state index is 13.4. The van der Waals surface area contributed by atoms with Crippen LogP contribution >= 0.6 is 11.3 Å². The molecule has 1 heterocycles. The van der Waals surface area contributed by atoms with Crippen molar-refractivity contribution in [2.24, 2.45) is 0 Å². The molecule has 5 nitrogen and oxygen atoms in total. The Morgan fingerprint density at radius 3 is 2.24 bits per heavy atom.